The molecule has 1 aliphatic rings. The molecule has 2 aromatic rings. The standard InChI is InChI=1S/C18H19Cl2N3O3S/c19-14-4-3-13(10-15(14)20)26-8-5-16(24)23-7-1-2-12(11-23)17(25)22-18-21-6-9-27-18/h3-4,6,9-10,12H,1-2,5,7-8,11H2,(H,21,22,25). The van der Waals surface area contributed by atoms with Crippen LogP contribution in [0.1, 0.15) is 19.3 Å². The van der Waals surface area contributed by atoms with Crippen LogP contribution in [0.4, 0.5) is 5.13 Å². The quantitative estimate of drug-likeness (QED) is 0.752. The van der Waals surface area contributed by atoms with Gasteiger partial charge in [0.1, 0.15) is 5.75 Å². The van der Waals surface area contributed by atoms with E-state index in [-0.39, 0.29) is 30.8 Å². The molecule has 27 heavy (non-hydrogen) atoms. The number of piperidine rings is 1. The Morgan fingerprint density at radius 2 is 2.19 bits per heavy atom. The van der Waals surface area contributed by atoms with Crippen molar-refractivity contribution in [2.75, 3.05) is 25.0 Å². The second-order valence-corrected chi connectivity index (χ2v) is 7.89. The molecule has 144 valence electrons. The van der Waals surface area contributed by atoms with Crippen LogP contribution in [-0.2, 0) is 9.59 Å². The molecule has 0 aliphatic carbocycles. The van der Waals surface area contributed by atoms with Gasteiger partial charge in [-0.1, -0.05) is 23.2 Å². The molecule has 9 heteroatoms. The van der Waals surface area contributed by atoms with E-state index < -0.39 is 0 Å². The molecular formula is C18H19Cl2N3O3S. The number of hydrogen-bond acceptors (Lipinski definition) is 5. The van der Waals surface area contributed by atoms with E-state index in [4.69, 9.17) is 27.9 Å². The summed E-state index contributed by atoms with van der Waals surface area (Å²) in [6.07, 6.45) is 3.45. The molecule has 1 aromatic heterocycles. The first-order valence-electron chi connectivity index (χ1n) is 8.59. The maximum Gasteiger partial charge on any atom is 0.231 e. The number of thiazole rings is 1. The fraction of sp³-hybridized carbons (Fsp3) is 0.389. The number of anilines is 1. The van der Waals surface area contributed by atoms with Crippen LogP contribution < -0.4 is 10.1 Å². The number of nitrogens with zero attached hydrogens (tertiary/aromatic N) is 2. The number of benzene rings is 1. The van der Waals surface area contributed by atoms with Crippen molar-refractivity contribution in [1.82, 2.24) is 9.88 Å². The average molecular weight is 428 g/mol. The maximum atomic E-state index is 12.5. The highest BCUT2D eigenvalue weighted by atomic mass is 35.5. The Labute approximate surface area is 171 Å². The van der Waals surface area contributed by atoms with E-state index in [2.05, 4.69) is 10.3 Å². The van der Waals surface area contributed by atoms with Crippen LogP contribution >= 0.6 is 34.5 Å². The smallest absolute Gasteiger partial charge is 0.231 e. The number of rotatable bonds is 6. The first-order chi connectivity index (χ1) is 13.0. The lowest BCUT2D eigenvalue weighted by molar-refractivity contribution is -0.135. The van der Waals surface area contributed by atoms with Gasteiger partial charge < -0.3 is 15.0 Å². The SMILES string of the molecule is O=C(Nc1nccs1)C1CCCN(C(=O)CCOc2ccc(Cl)c(Cl)c2)C1. The summed E-state index contributed by atoms with van der Waals surface area (Å²) < 4.78 is 5.57. The first kappa shape index (κ1) is 19.9. The Morgan fingerprint density at radius 1 is 1.33 bits per heavy atom. The van der Waals surface area contributed by atoms with Gasteiger partial charge in [-0.25, -0.2) is 4.98 Å². The maximum absolute atomic E-state index is 12.5. The molecule has 3 rings (SSSR count). The zero-order valence-corrected chi connectivity index (χ0v) is 16.8. The van der Waals surface area contributed by atoms with Gasteiger partial charge in [-0.15, -0.1) is 11.3 Å². The Morgan fingerprint density at radius 3 is 2.93 bits per heavy atom. The van der Waals surface area contributed by atoms with Crippen molar-refractivity contribution in [2.24, 2.45) is 5.92 Å². The van der Waals surface area contributed by atoms with Crippen LogP contribution in [0.3, 0.4) is 0 Å². The van der Waals surface area contributed by atoms with Gasteiger partial charge in [-0.05, 0) is 25.0 Å². The lowest BCUT2D eigenvalue weighted by Crippen LogP contribution is -2.44. The predicted octanol–water partition coefficient (Wildman–Crippen LogP) is 4.10. The third-order valence-electron chi connectivity index (χ3n) is 4.28. The van der Waals surface area contributed by atoms with Crippen LogP contribution in [0, 0.1) is 5.92 Å². The minimum absolute atomic E-state index is 0.0261. The first-order valence-corrected chi connectivity index (χ1v) is 10.2. The molecule has 1 fully saturated rings. The summed E-state index contributed by atoms with van der Waals surface area (Å²) in [4.78, 5) is 30.6. The summed E-state index contributed by atoms with van der Waals surface area (Å²) >= 11 is 13.2. The number of ether oxygens (including phenoxy) is 1. The minimum atomic E-state index is -0.220. The van der Waals surface area contributed by atoms with E-state index in [1.165, 1.54) is 11.3 Å². The molecule has 0 radical (unpaired) electrons. The lowest BCUT2D eigenvalue weighted by Gasteiger charge is -2.32. The van der Waals surface area contributed by atoms with Crippen LogP contribution in [0.2, 0.25) is 10.0 Å². The zero-order chi connectivity index (χ0) is 19.2. The normalized spacial score (nSPS) is 16.8. The van der Waals surface area contributed by atoms with E-state index >= 15 is 0 Å². The Bertz CT molecular complexity index is 801. The second-order valence-electron chi connectivity index (χ2n) is 6.18. The van der Waals surface area contributed by atoms with E-state index in [1.807, 2.05) is 0 Å². The lowest BCUT2D eigenvalue weighted by atomic mass is 9.97. The molecule has 1 saturated heterocycles. The van der Waals surface area contributed by atoms with Gasteiger partial charge in [-0.2, -0.15) is 0 Å². The third-order valence-corrected chi connectivity index (χ3v) is 5.71. The highest BCUT2D eigenvalue weighted by Gasteiger charge is 2.28. The monoisotopic (exact) mass is 427 g/mol. The fourth-order valence-electron chi connectivity index (χ4n) is 2.89. The molecule has 2 amide bonds. The number of hydrogen-bond donors (Lipinski definition) is 1. The largest absolute Gasteiger partial charge is 0.493 e. The van der Waals surface area contributed by atoms with Crippen LogP contribution in [0.25, 0.3) is 0 Å². The van der Waals surface area contributed by atoms with Crippen molar-refractivity contribution < 1.29 is 14.3 Å². The molecule has 1 atom stereocenters. The summed E-state index contributed by atoms with van der Waals surface area (Å²) in [6.45, 7) is 1.32. The van der Waals surface area contributed by atoms with Crippen molar-refractivity contribution in [1.29, 1.82) is 0 Å². The third kappa shape index (κ3) is 5.57. The van der Waals surface area contributed by atoms with E-state index in [0.29, 0.717) is 34.0 Å². The van der Waals surface area contributed by atoms with Gasteiger partial charge in [-0.3, -0.25) is 9.59 Å². The fourth-order valence-corrected chi connectivity index (χ4v) is 3.71. The Hall–Kier alpha value is -1.83. The Balaban J connectivity index is 1.46. The molecular weight excluding hydrogens is 409 g/mol. The van der Waals surface area contributed by atoms with E-state index in [1.54, 1.807) is 34.7 Å². The van der Waals surface area contributed by atoms with Crippen molar-refractivity contribution in [3.63, 3.8) is 0 Å². The van der Waals surface area contributed by atoms with Crippen LogP contribution in [0.5, 0.6) is 5.75 Å². The summed E-state index contributed by atoms with van der Waals surface area (Å²) in [6, 6.07) is 4.98. The molecule has 1 unspecified atom stereocenters. The molecule has 1 aliphatic heterocycles. The molecule has 0 bridgehead atoms. The molecule has 1 aromatic carbocycles. The number of carbonyl (C=O) groups is 2. The number of amides is 2. The number of nitrogens with one attached hydrogen (secondary N) is 1. The topological polar surface area (TPSA) is 71.5 Å². The molecule has 0 spiro atoms. The number of aromatic nitrogens is 1. The van der Waals surface area contributed by atoms with Gasteiger partial charge in [0, 0.05) is 30.7 Å². The number of carbonyl (C=O) groups excluding carboxylic acids is 2. The summed E-state index contributed by atoms with van der Waals surface area (Å²) in [7, 11) is 0. The van der Waals surface area contributed by atoms with Gasteiger partial charge >= 0.3 is 0 Å². The van der Waals surface area contributed by atoms with Crippen LogP contribution in [0.15, 0.2) is 29.8 Å². The minimum Gasteiger partial charge on any atom is -0.493 e. The highest BCUT2D eigenvalue weighted by Crippen LogP contribution is 2.26. The average Bonchev–Trinajstić information content (AvgIpc) is 3.17. The van der Waals surface area contributed by atoms with Crippen molar-refractivity contribution in [2.45, 2.75) is 19.3 Å². The summed E-state index contributed by atoms with van der Waals surface area (Å²) in [5.74, 6) is 0.232. The summed E-state index contributed by atoms with van der Waals surface area (Å²) in [5.41, 5.74) is 0. The van der Waals surface area contributed by atoms with Gasteiger partial charge in [0.25, 0.3) is 0 Å². The number of halogens is 2. The molecule has 0 saturated carbocycles. The van der Waals surface area contributed by atoms with Gasteiger partial charge in [0.2, 0.25) is 11.8 Å². The predicted molar refractivity (Wildman–Crippen MR) is 107 cm³/mol. The Kier molecular flexibility index (Phi) is 6.93. The van der Waals surface area contributed by atoms with Crippen molar-refractivity contribution in [3.05, 3.63) is 39.8 Å². The van der Waals surface area contributed by atoms with Crippen molar-refractivity contribution in [3.8, 4) is 5.75 Å². The zero-order valence-electron chi connectivity index (χ0n) is 14.5. The van der Waals surface area contributed by atoms with Crippen molar-refractivity contribution >= 4 is 51.5 Å². The van der Waals surface area contributed by atoms with Gasteiger partial charge in [0.05, 0.1) is 29.0 Å². The molecule has 1 N–H and O–H groups in total. The number of likely N-dealkylation sites (tertiary alicyclic amines) is 1. The van der Waals surface area contributed by atoms with Crippen LogP contribution in [-0.4, -0.2) is 41.4 Å². The molecule has 6 nitrogen and oxygen atoms in total. The van der Waals surface area contributed by atoms with E-state index in [9.17, 15) is 9.59 Å². The highest BCUT2D eigenvalue weighted by molar-refractivity contribution is 7.13. The summed E-state index contributed by atoms with van der Waals surface area (Å²) in [5, 5.41) is 6.06. The second kappa shape index (κ2) is 9.39. The van der Waals surface area contributed by atoms with Gasteiger partial charge in [0.15, 0.2) is 5.13 Å². The molecule has 2 heterocycles. The van der Waals surface area contributed by atoms with E-state index in [0.717, 1.165) is 12.8 Å².